The second-order valence-electron chi connectivity index (χ2n) is 5.12. The fraction of sp³-hybridized carbons (Fsp3) is 0.0526. The van der Waals surface area contributed by atoms with E-state index < -0.39 is 0 Å². The van der Waals surface area contributed by atoms with E-state index in [9.17, 15) is 0 Å². The van der Waals surface area contributed by atoms with Crippen molar-refractivity contribution in [2.24, 2.45) is 0 Å². The molecule has 2 aromatic carbocycles. The van der Waals surface area contributed by atoms with Crippen LogP contribution in [-0.2, 0) is 0 Å². The number of aromatic nitrogens is 1. The van der Waals surface area contributed by atoms with Gasteiger partial charge in [0.15, 0.2) is 0 Å². The molecule has 0 aliphatic rings. The van der Waals surface area contributed by atoms with E-state index in [-0.39, 0.29) is 0 Å². The topological polar surface area (TPSA) is 28.9 Å². The van der Waals surface area contributed by atoms with Gasteiger partial charge in [-0.15, -0.1) is 0 Å². The largest absolute Gasteiger partial charge is 0.455 e. The fourth-order valence-electron chi connectivity index (χ4n) is 3.02. The van der Waals surface area contributed by atoms with Gasteiger partial charge >= 0.3 is 0 Å². The average molecular weight is 273 g/mol. The Morgan fingerprint density at radius 1 is 1.10 bits per heavy atom. The predicted octanol–water partition coefficient (Wildman–Crippen LogP) is 5.74. The molecule has 0 spiro atoms. The van der Waals surface area contributed by atoms with Crippen molar-refractivity contribution >= 4 is 45.0 Å². The Labute approximate surface area is 122 Å². The van der Waals surface area contributed by atoms with Crippen LogP contribution >= 0.6 is 0 Å². The van der Waals surface area contributed by atoms with Crippen LogP contribution in [0.5, 0.6) is 0 Å². The maximum absolute atomic E-state index is 6.11. The van der Waals surface area contributed by atoms with Crippen molar-refractivity contribution in [3.8, 4) is 0 Å². The van der Waals surface area contributed by atoms with Gasteiger partial charge in [-0.2, -0.15) is 0 Å². The molecule has 0 radical (unpaired) electrons. The zero-order chi connectivity index (χ0) is 14.4. The van der Waals surface area contributed by atoms with Gasteiger partial charge in [0.05, 0.1) is 10.9 Å². The minimum absolute atomic E-state index is 0.920. The maximum atomic E-state index is 6.11. The van der Waals surface area contributed by atoms with Crippen molar-refractivity contribution < 1.29 is 4.42 Å². The van der Waals surface area contributed by atoms with Gasteiger partial charge in [-0.05, 0) is 31.2 Å². The Hall–Kier alpha value is -2.74. The van der Waals surface area contributed by atoms with Crippen LogP contribution in [0.4, 0.5) is 0 Å². The molecule has 0 aliphatic carbocycles. The summed E-state index contributed by atoms with van der Waals surface area (Å²) in [4.78, 5) is 3.43. The second-order valence-corrected chi connectivity index (χ2v) is 5.12. The first-order valence-corrected chi connectivity index (χ1v) is 7.04. The summed E-state index contributed by atoms with van der Waals surface area (Å²) in [7, 11) is 0. The van der Waals surface area contributed by atoms with Crippen molar-refractivity contribution in [3.05, 3.63) is 60.3 Å². The number of hydrogen-bond acceptors (Lipinski definition) is 1. The number of fused-ring (bicyclic) bond motifs is 5. The zero-order valence-corrected chi connectivity index (χ0v) is 11.8. The van der Waals surface area contributed by atoms with Gasteiger partial charge in [-0.1, -0.05) is 36.9 Å². The zero-order valence-electron chi connectivity index (χ0n) is 11.8. The summed E-state index contributed by atoms with van der Waals surface area (Å²) >= 11 is 0. The van der Waals surface area contributed by atoms with Crippen LogP contribution in [0.2, 0.25) is 0 Å². The van der Waals surface area contributed by atoms with Crippen molar-refractivity contribution in [1.29, 1.82) is 0 Å². The van der Waals surface area contributed by atoms with Gasteiger partial charge in [-0.25, -0.2) is 0 Å². The molecule has 0 aliphatic heterocycles. The Bertz CT molecular complexity index is 1010. The molecule has 21 heavy (non-hydrogen) atoms. The number of aromatic amines is 1. The number of para-hydroxylation sites is 1. The van der Waals surface area contributed by atoms with Gasteiger partial charge in [0, 0.05) is 22.0 Å². The molecule has 4 aromatic rings. The van der Waals surface area contributed by atoms with E-state index >= 15 is 0 Å². The van der Waals surface area contributed by atoms with Crippen molar-refractivity contribution in [3.63, 3.8) is 0 Å². The van der Waals surface area contributed by atoms with Gasteiger partial charge in [0.2, 0.25) is 0 Å². The summed E-state index contributed by atoms with van der Waals surface area (Å²) < 4.78 is 6.11. The SMILES string of the molecule is C=Cc1c(/C=C\C)[nH]c2ccc3c4ccccc4oc3c12. The van der Waals surface area contributed by atoms with Crippen LogP contribution in [0, 0.1) is 0 Å². The number of allylic oxidation sites excluding steroid dienone is 1. The van der Waals surface area contributed by atoms with Gasteiger partial charge < -0.3 is 9.40 Å². The number of nitrogens with one attached hydrogen (secondary N) is 1. The summed E-state index contributed by atoms with van der Waals surface area (Å²) in [5, 5.41) is 3.40. The summed E-state index contributed by atoms with van der Waals surface area (Å²) in [6, 6.07) is 12.4. The van der Waals surface area contributed by atoms with Crippen molar-refractivity contribution in [1.82, 2.24) is 4.98 Å². The Morgan fingerprint density at radius 3 is 2.76 bits per heavy atom. The van der Waals surface area contributed by atoms with Crippen LogP contribution in [0.25, 0.3) is 45.0 Å². The molecule has 0 saturated carbocycles. The number of benzene rings is 2. The van der Waals surface area contributed by atoms with E-state index in [1.807, 2.05) is 37.3 Å². The first-order chi connectivity index (χ1) is 10.3. The minimum Gasteiger partial charge on any atom is -0.455 e. The Balaban J connectivity index is 2.24. The average Bonchev–Trinajstić information content (AvgIpc) is 3.04. The van der Waals surface area contributed by atoms with E-state index in [4.69, 9.17) is 4.42 Å². The molecule has 0 saturated heterocycles. The summed E-state index contributed by atoms with van der Waals surface area (Å²) in [5.41, 5.74) is 5.08. The van der Waals surface area contributed by atoms with Crippen LogP contribution in [0.15, 0.2) is 53.5 Å². The number of rotatable bonds is 2. The Morgan fingerprint density at radius 2 is 1.95 bits per heavy atom. The van der Waals surface area contributed by atoms with Crippen LogP contribution < -0.4 is 0 Å². The highest BCUT2D eigenvalue weighted by molar-refractivity contribution is 6.17. The highest BCUT2D eigenvalue weighted by Gasteiger charge is 2.15. The number of H-pyrrole nitrogens is 1. The Kier molecular flexibility index (Phi) is 2.51. The third-order valence-corrected chi connectivity index (χ3v) is 3.91. The molecule has 2 aromatic heterocycles. The van der Waals surface area contributed by atoms with Crippen LogP contribution in [-0.4, -0.2) is 4.98 Å². The van der Waals surface area contributed by atoms with Gasteiger partial charge in [-0.3, -0.25) is 0 Å². The first-order valence-electron chi connectivity index (χ1n) is 7.04. The molecule has 0 bridgehead atoms. The minimum atomic E-state index is 0.920. The molecule has 102 valence electrons. The monoisotopic (exact) mass is 273 g/mol. The van der Waals surface area contributed by atoms with Gasteiger partial charge in [0.25, 0.3) is 0 Å². The van der Waals surface area contributed by atoms with Crippen molar-refractivity contribution in [2.75, 3.05) is 0 Å². The summed E-state index contributed by atoms with van der Waals surface area (Å²) in [5.74, 6) is 0. The molecule has 2 nitrogen and oxygen atoms in total. The van der Waals surface area contributed by atoms with Crippen molar-refractivity contribution in [2.45, 2.75) is 6.92 Å². The quantitative estimate of drug-likeness (QED) is 0.495. The lowest BCUT2D eigenvalue weighted by Crippen LogP contribution is -1.74. The molecular weight excluding hydrogens is 258 g/mol. The van der Waals surface area contributed by atoms with Crippen LogP contribution in [0.3, 0.4) is 0 Å². The van der Waals surface area contributed by atoms with Crippen LogP contribution in [0.1, 0.15) is 18.2 Å². The molecule has 1 N–H and O–H groups in total. The highest BCUT2D eigenvalue weighted by Crippen LogP contribution is 2.37. The third-order valence-electron chi connectivity index (χ3n) is 3.91. The predicted molar refractivity (Wildman–Crippen MR) is 90.4 cm³/mol. The maximum Gasteiger partial charge on any atom is 0.145 e. The van der Waals surface area contributed by atoms with E-state index in [0.29, 0.717) is 0 Å². The lowest BCUT2D eigenvalue weighted by Gasteiger charge is -1.95. The summed E-state index contributed by atoms with van der Waals surface area (Å²) in [6.07, 6.45) is 5.97. The van der Waals surface area contributed by atoms with E-state index in [0.717, 1.165) is 44.1 Å². The van der Waals surface area contributed by atoms with Gasteiger partial charge in [0.1, 0.15) is 11.2 Å². The molecule has 0 unspecified atom stereocenters. The normalized spacial score (nSPS) is 12.0. The smallest absolute Gasteiger partial charge is 0.145 e. The highest BCUT2D eigenvalue weighted by atomic mass is 16.3. The second kappa shape index (κ2) is 4.38. The molecular formula is C19H15NO. The standard InChI is InChI=1S/C19H15NO/c1-3-7-15-12(4-2)18-16(20-15)11-10-14-13-8-5-6-9-17(13)21-19(14)18/h3-11,20H,2H2,1H3/b7-3-. The molecule has 2 heterocycles. The van der Waals surface area contributed by atoms with E-state index in [2.05, 4.69) is 35.8 Å². The molecule has 2 heteroatoms. The third kappa shape index (κ3) is 1.59. The van der Waals surface area contributed by atoms with E-state index in [1.165, 1.54) is 0 Å². The lowest BCUT2D eigenvalue weighted by atomic mass is 10.1. The first kappa shape index (κ1) is 12.0. The summed E-state index contributed by atoms with van der Waals surface area (Å²) in [6.45, 7) is 5.97. The molecule has 0 fully saturated rings. The lowest BCUT2D eigenvalue weighted by molar-refractivity contribution is 0.672. The fourth-order valence-corrected chi connectivity index (χ4v) is 3.02. The number of furan rings is 1. The van der Waals surface area contributed by atoms with E-state index in [1.54, 1.807) is 0 Å². The number of hydrogen-bond donors (Lipinski definition) is 1. The molecule has 0 amide bonds. The molecule has 4 rings (SSSR count). The molecule has 0 atom stereocenters.